The molecule has 0 amide bonds. The highest BCUT2D eigenvalue weighted by atomic mass is 35.5. The molecule has 2 N–H and O–H groups in total. The van der Waals surface area contributed by atoms with Crippen molar-refractivity contribution in [2.45, 2.75) is 0 Å². The average molecular weight is 234 g/mol. The summed E-state index contributed by atoms with van der Waals surface area (Å²) in [6.07, 6.45) is -2.13. The van der Waals surface area contributed by atoms with Crippen LogP contribution in [0.25, 0.3) is 0 Å². The zero-order valence-electron chi connectivity index (χ0n) is 7.01. The minimum absolute atomic E-state index is 0.134. The summed E-state index contributed by atoms with van der Waals surface area (Å²) in [4.78, 5) is 23.7. The lowest BCUT2D eigenvalue weighted by atomic mass is 10.4. The van der Waals surface area contributed by atoms with Gasteiger partial charge in [0.05, 0.1) is 6.20 Å². The Bertz CT molecular complexity index is 406. The molecule has 1 aromatic heterocycles. The summed E-state index contributed by atoms with van der Waals surface area (Å²) in [7, 11) is 0. The summed E-state index contributed by atoms with van der Waals surface area (Å²) in [6, 6.07) is 1.07. The lowest BCUT2D eigenvalue weighted by Crippen LogP contribution is -2.06. The van der Waals surface area contributed by atoms with Crippen LogP contribution in [0.3, 0.4) is 0 Å². The van der Waals surface area contributed by atoms with Crippen molar-refractivity contribution in [1.29, 1.82) is 0 Å². The number of hydrogen-bond acceptors (Lipinski definition) is 5. The number of aromatic nitrogens is 1. The molecule has 0 aliphatic carbocycles. The predicted molar refractivity (Wildman–Crippen MR) is 46.6 cm³/mol. The van der Waals surface area contributed by atoms with Gasteiger partial charge in [-0.1, -0.05) is 11.6 Å². The van der Waals surface area contributed by atoms with Crippen molar-refractivity contribution in [3.63, 3.8) is 0 Å². The fourth-order valence-electron chi connectivity index (χ4n) is 0.722. The highest BCUT2D eigenvalue weighted by Gasteiger charge is 2.10. The second kappa shape index (κ2) is 4.47. The minimum Gasteiger partial charge on any atom is -0.449 e. The zero-order valence-corrected chi connectivity index (χ0v) is 7.76. The second-order valence-corrected chi connectivity index (χ2v) is 2.60. The van der Waals surface area contributed by atoms with Crippen LogP contribution in [0.15, 0.2) is 12.3 Å². The Morgan fingerprint density at radius 1 is 1.27 bits per heavy atom. The van der Waals surface area contributed by atoms with Crippen LogP contribution >= 0.6 is 11.6 Å². The summed E-state index contributed by atoms with van der Waals surface area (Å²) in [5.74, 6) is -0.479. The maximum atomic E-state index is 10.1. The van der Waals surface area contributed by atoms with Gasteiger partial charge in [-0.25, -0.2) is 14.6 Å². The quantitative estimate of drug-likeness (QED) is 0.751. The molecule has 0 aromatic carbocycles. The summed E-state index contributed by atoms with van der Waals surface area (Å²) in [5, 5.41) is 16.3. The van der Waals surface area contributed by atoms with E-state index in [0.717, 1.165) is 12.3 Å². The van der Waals surface area contributed by atoms with E-state index in [1.54, 1.807) is 0 Å². The Balaban J connectivity index is 2.87. The molecule has 8 heteroatoms. The van der Waals surface area contributed by atoms with Gasteiger partial charge in [0.25, 0.3) is 0 Å². The van der Waals surface area contributed by atoms with Crippen LogP contribution in [0, 0.1) is 0 Å². The van der Waals surface area contributed by atoms with Crippen LogP contribution in [0.2, 0.25) is 5.02 Å². The molecule has 1 rings (SSSR count). The SMILES string of the molecule is O=C(O)Oc1cnc(OC(=O)O)c(Cl)c1. The molecule has 7 nitrogen and oxygen atoms in total. The van der Waals surface area contributed by atoms with Crippen LogP contribution in [-0.2, 0) is 0 Å². The lowest BCUT2D eigenvalue weighted by Gasteiger charge is -2.03. The average Bonchev–Trinajstić information content (AvgIpc) is 2.08. The maximum Gasteiger partial charge on any atom is 0.512 e. The monoisotopic (exact) mass is 233 g/mol. The second-order valence-electron chi connectivity index (χ2n) is 2.19. The third kappa shape index (κ3) is 3.31. The molecule has 0 unspecified atom stereocenters. The standard InChI is InChI=1S/C7H4ClNO6/c8-4-1-3(14-6(10)11)2-9-5(4)15-7(12)13/h1-2H,(H,10,11)(H,12,13). The van der Waals surface area contributed by atoms with Crippen molar-refractivity contribution in [2.24, 2.45) is 0 Å². The molecular weight excluding hydrogens is 230 g/mol. The van der Waals surface area contributed by atoms with E-state index in [2.05, 4.69) is 14.5 Å². The first-order valence-electron chi connectivity index (χ1n) is 3.46. The predicted octanol–water partition coefficient (Wildman–Crippen LogP) is 1.85. The molecule has 0 radical (unpaired) electrons. The van der Waals surface area contributed by atoms with Gasteiger partial charge in [0, 0.05) is 6.07 Å². The number of pyridine rings is 1. The summed E-state index contributed by atoms with van der Waals surface area (Å²) < 4.78 is 8.40. The van der Waals surface area contributed by atoms with E-state index in [1.165, 1.54) is 0 Å². The van der Waals surface area contributed by atoms with Crippen molar-refractivity contribution >= 4 is 23.9 Å². The first-order chi connectivity index (χ1) is 6.99. The normalized spacial score (nSPS) is 9.40. The van der Waals surface area contributed by atoms with Crippen LogP contribution in [0.1, 0.15) is 0 Å². The van der Waals surface area contributed by atoms with Crippen LogP contribution in [-0.4, -0.2) is 27.5 Å². The van der Waals surface area contributed by atoms with E-state index in [1.807, 2.05) is 0 Å². The molecule has 0 aliphatic rings. The van der Waals surface area contributed by atoms with E-state index >= 15 is 0 Å². The number of carboxylic acid groups (broad SMARTS) is 2. The Morgan fingerprint density at radius 3 is 2.33 bits per heavy atom. The van der Waals surface area contributed by atoms with Crippen LogP contribution < -0.4 is 9.47 Å². The third-order valence-corrected chi connectivity index (χ3v) is 1.44. The van der Waals surface area contributed by atoms with Crippen molar-refractivity contribution in [2.75, 3.05) is 0 Å². The van der Waals surface area contributed by atoms with Crippen LogP contribution in [0.5, 0.6) is 11.6 Å². The van der Waals surface area contributed by atoms with Crippen LogP contribution in [0.4, 0.5) is 9.59 Å². The minimum atomic E-state index is -1.57. The fraction of sp³-hybridized carbons (Fsp3) is 0. The number of rotatable bonds is 2. The number of ether oxygens (including phenoxy) is 2. The molecule has 0 saturated heterocycles. The Kier molecular flexibility index (Phi) is 3.29. The third-order valence-electron chi connectivity index (χ3n) is 1.17. The summed E-state index contributed by atoms with van der Waals surface area (Å²) >= 11 is 5.53. The molecule has 80 valence electrons. The Labute approximate surface area is 87.8 Å². The van der Waals surface area contributed by atoms with Crippen molar-refractivity contribution < 1.29 is 29.3 Å². The van der Waals surface area contributed by atoms with Gasteiger partial charge < -0.3 is 19.7 Å². The topological polar surface area (TPSA) is 106 Å². The molecular formula is C7H4ClNO6. The molecule has 0 fully saturated rings. The molecule has 0 aliphatic heterocycles. The van der Waals surface area contributed by atoms with E-state index < -0.39 is 12.3 Å². The van der Waals surface area contributed by atoms with Gasteiger partial charge in [0.15, 0.2) is 5.75 Å². The van der Waals surface area contributed by atoms with Gasteiger partial charge in [0.2, 0.25) is 5.88 Å². The molecule has 15 heavy (non-hydrogen) atoms. The number of nitrogens with zero attached hydrogens (tertiary/aromatic N) is 1. The number of carbonyl (C=O) groups is 2. The molecule has 0 bridgehead atoms. The fourth-order valence-corrected chi connectivity index (χ4v) is 0.917. The number of hydrogen-bond donors (Lipinski definition) is 2. The highest BCUT2D eigenvalue weighted by molar-refractivity contribution is 6.32. The first-order valence-corrected chi connectivity index (χ1v) is 3.84. The van der Waals surface area contributed by atoms with Gasteiger partial charge in [0.1, 0.15) is 5.02 Å². The van der Waals surface area contributed by atoms with Crippen molar-refractivity contribution in [1.82, 2.24) is 4.98 Å². The van der Waals surface area contributed by atoms with E-state index in [9.17, 15) is 9.59 Å². The maximum absolute atomic E-state index is 10.1. The molecule has 0 spiro atoms. The largest absolute Gasteiger partial charge is 0.512 e. The van der Waals surface area contributed by atoms with Gasteiger partial charge in [-0.05, 0) is 0 Å². The molecule has 0 saturated carbocycles. The van der Waals surface area contributed by atoms with E-state index in [-0.39, 0.29) is 16.7 Å². The smallest absolute Gasteiger partial charge is 0.449 e. The van der Waals surface area contributed by atoms with Gasteiger partial charge >= 0.3 is 12.3 Å². The number of halogens is 1. The molecule has 1 heterocycles. The zero-order chi connectivity index (χ0) is 11.4. The van der Waals surface area contributed by atoms with Crippen molar-refractivity contribution in [3.05, 3.63) is 17.3 Å². The van der Waals surface area contributed by atoms with E-state index in [4.69, 9.17) is 21.8 Å². The van der Waals surface area contributed by atoms with Crippen molar-refractivity contribution in [3.8, 4) is 11.6 Å². The lowest BCUT2D eigenvalue weighted by molar-refractivity contribution is 0.140. The Hall–Kier alpha value is -2.02. The van der Waals surface area contributed by atoms with E-state index in [0.29, 0.717) is 0 Å². The first kappa shape index (κ1) is 11.1. The van der Waals surface area contributed by atoms with Gasteiger partial charge in [-0.15, -0.1) is 0 Å². The molecule has 0 atom stereocenters. The summed E-state index contributed by atoms with van der Waals surface area (Å²) in [5.41, 5.74) is 0. The molecule has 1 aromatic rings. The highest BCUT2D eigenvalue weighted by Crippen LogP contribution is 2.25. The van der Waals surface area contributed by atoms with Gasteiger partial charge in [-0.3, -0.25) is 0 Å². The summed E-state index contributed by atoms with van der Waals surface area (Å²) in [6.45, 7) is 0. The Morgan fingerprint density at radius 2 is 1.87 bits per heavy atom. The van der Waals surface area contributed by atoms with Gasteiger partial charge in [-0.2, -0.15) is 0 Å².